The van der Waals surface area contributed by atoms with Crippen molar-refractivity contribution in [2.45, 2.75) is 32.2 Å². The number of para-hydroxylation sites is 1. The Morgan fingerprint density at radius 2 is 1.88 bits per heavy atom. The van der Waals surface area contributed by atoms with Gasteiger partial charge in [-0.25, -0.2) is 0 Å². The van der Waals surface area contributed by atoms with Gasteiger partial charge in [-0.05, 0) is 56.0 Å². The van der Waals surface area contributed by atoms with Crippen molar-refractivity contribution in [3.63, 3.8) is 0 Å². The van der Waals surface area contributed by atoms with E-state index in [0.29, 0.717) is 17.6 Å². The molecule has 0 radical (unpaired) electrons. The van der Waals surface area contributed by atoms with Gasteiger partial charge in [0, 0.05) is 35.9 Å². The van der Waals surface area contributed by atoms with Crippen molar-refractivity contribution in [3.05, 3.63) is 65.7 Å². The zero-order valence-electron chi connectivity index (χ0n) is 14.9. The zero-order chi connectivity index (χ0) is 17.4. The Balaban J connectivity index is 1.75. The summed E-state index contributed by atoms with van der Waals surface area (Å²) in [6.07, 6.45) is 5.69. The number of fused-ring (bicyclic) bond motifs is 3. The van der Waals surface area contributed by atoms with Crippen LogP contribution < -0.4 is 10.2 Å². The van der Waals surface area contributed by atoms with Crippen LogP contribution in [0.25, 0.3) is 0 Å². The van der Waals surface area contributed by atoms with E-state index in [9.17, 15) is 5.11 Å². The highest BCUT2D eigenvalue weighted by Crippen LogP contribution is 2.51. The first-order valence-electron chi connectivity index (χ1n) is 9.33. The van der Waals surface area contributed by atoms with Crippen LogP contribution in [0.2, 0.25) is 0 Å². The minimum Gasteiger partial charge on any atom is -0.508 e. The smallest absolute Gasteiger partial charge is 0.120 e. The lowest BCUT2D eigenvalue weighted by atomic mass is 9.76. The molecule has 0 fully saturated rings. The van der Waals surface area contributed by atoms with Gasteiger partial charge in [0.2, 0.25) is 0 Å². The SMILES string of the molecule is CCN(CC)c1ccc2c(c1)C1C=CCC1C(c1ccccc1O)N2. The Hall–Kier alpha value is -2.42. The molecule has 0 bridgehead atoms. The van der Waals surface area contributed by atoms with E-state index in [2.05, 4.69) is 54.4 Å². The molecule has 0 saturated carbocycles. The summed E-state index contributed by atoms with van der Waals surface area (Å²) in [5.74, 6) is 1.25. The maximum Gasteiger partial charge on any atom is 0.120 e. The molecule has 2 N–H and O–H groups in total. The van der Waals surface area contributed by atoms with Gasteiger partial charge >= 0.3 is 0 Å². The Morgan fingerprint density at radius 1 is 1.08 bits per heavy atom. The van der Waals surface area contributed by atoms with Crippen LogP contribution in [0.15, 0.2) is 54.6 Å². The minimum atomic E-state index is 0.146. The summed E-state index contributed by atoms with van der Waals surface area (Å²) in [6, 6.07) is 14.6. The van der Waals surface area contributed by atoms with E-state index in [1.165, 1.54) is 16.9 Å². The number of anilines is 2. The second kappa shape index (κ2) is 6.47. The standard InChI is InChI=1S/C22H26N2O/c1-3-24(4-2)15-12-13-20-19(14-15)16-9-7-10-17(16)22(23-20)18-8-5-6-11-21(18)25/h5-9,11-14,16-17,22-23,25H,3-4,10H2,1-2H3. The van der Waals surface area contributed by atoms with Gasteiger partial charge in [0.15, 0.2) is 0 Å². The molecule has 130 valence electrons. The van der Waals surface area contributed by atoms with Crippen LogP contribution in [-0.4, -0.2) is 18.2 Å². The van der Waals surface area contributed by atoms with Crippen LogP contribution >= 0.6 is 0 Å². The number of rotatable bonds is 4. The van der Waals surface area contributed by atoms with Crippen LogP contribution in [0.1, 0.15) is 43.4 Å². The van der Waals surface area contributed by atoms with E-state index < -0.39 is 0 Å². The third kappa shape index (κ3) is 2.68. The monoisotopic (exact) mass is 334 g/mol. The Kier molecular flexibility index (Phi) is 4.16. The number of hydrogen-bond donors (Lipinski definition) is 2. The quantitative estimate of drug-likeness (QED) is 0.767. The van der Waals surface area contributed by atoms with Crippen molar-refractivity contribution >= 4 is 11.4 Å². The average Bonchev–Trinajstić information content (AvgIpc) is 3.13. The molecular formula is C22H26N2O. The maximum absolute atomic E-state index is 10.3. The molecule has 1 heterocycles. The largest absolute Gasteiger partial charge is 0.508 e. The van der Waals surface area contributed by atoms with Gasteiger partial charge in [-0.15, -0.1) is 0 Å². The number of allylic oxidation sites excluding steroid dienone is 2. The van der Waals surface area contributed by atoms with E-state index in [0.717, 1.165) is 25.1 Å². The summed E-state index contributed by atoms with van der Waals surface area (Å²) in [6.45, 7) is 6.45. The summed E-state index contributed by atoms with van der Waals surface area (Å²) in [5.41, 5.74) is 4.87. The molecule has 4 rings (SSSR count). The van der Waals surface area contributed by atoms with Crippen LogP contribution in [0.5, 0.6) is 5.75 Å². The summed E-state index contributed by atoms with van der Waals surface area (Å²) in [7, 11) is 0. The van der Waals surface area contributed by atoms with Gasteiger partial charge in [0.1, 0.15) is 5.75 Å². The van der Waals surface area contributed by atoms with Gasteiger partial charge in [0.05, 0.1) is 6.04 Å². The minimum absolute atomic E-state index is 0.146. The van der Waals surface area contributed by atoms with Crippen LogP contribution in [-0.2, 0) is 0 Å². The topological polar surface area (TPSA) is 35.5 Å². The van der Waals surface area contributed by atoms with Crippen LogP contribution in [0.4, 0.5) is 11.4 Å². The second-order valence-electron chi connectivity index (χ2n) is 6.98. The molecule has 3 nitrogen and oxygen atoms in total. The number of phenols is 1. The van der Waals surface area contributed by atoms with Crippen molar-refractivity contribution in [1.82, 2.24) is 0 Å². The molecule has 0 aromatic heterocycles. The first kappa shape index (κ1) is 16.1. The zero-order valence-corrected chi connectivity index (χ0v) is 14.9. The number of nitrogens with zero attached hydrogens (tertiary/aromatic N) is 1. The van der Waals surface area contributed by atoms with Gasteiger partial charge in [0.25, 0.3) is 0 Å². The third-order valence-electron chi connectivity index (χ3n) is 5.75. The van der Waals surface area contributed by atoms with Gasteiger partial charge in [-0.3, -0.25) is 0 Å². The molecule has 3 atom stereocenters. The molecule has 0 spiro atoms. The molecule has 3 unspecified atom stereocenters. The number of nitrogens with one attached hydrogen (secondary N) is 1. The molecule has 2 aliphatic rings. The first-order valence-corrected chi connectivity index (χ1v) is 9.33. The van der Waals surface area contributed by atoms with Crippen molar-refractivity contribution in [2.24, 2.45) is 5.92 Å². The number of phenolic OH excluding ortho intramolecular Hbond substituents is 1. The van der Waals surface area contributed by atoms with Gasteiger partial charge in [-0.2, -0.15) is 0 Å². The number of aromatic hydroxyl groups is 1. The fraction of sp³-hybridized carbons (Fsp3) is 0.364. The van der Waals surface area contributed by atoms with E-state index in [1.807, 2.05) is 18.2 Å². The van der Waals surface area contributed by atoms with E-state index in [-0.39, 0.29) is 6.04 Å². The highest BCUT2D eigenvalue weighted by atomic mass is 16.3. The molecule has 2 aromatic rings. The lowest BCUT2D eigenvalue weighted by Crippen LogP contribution is -2.29. The van der Waals surface area contributed by atoms with Crippen molar-refractivity contribution in [2.75, 3.05) is 23.3 Å². The average molecular weight is 334 g/mol. The van der Waals surface area contributed by atoms with Gasteiger partial charge in [-0.1, -0.05) is 30.4 Å². The van der Waals surface area contributed by atoms with Crippen molar-refractivity contribution in [3.8, 4) is 5.75 Å². The summed E-state index contributed by atoms with van der Waals surface area (Å²) < 4.78 is 0. The van der Waals surface area contributed by atoms with E-state index in [1.54, 1.807) is 6.07 Å². The predicted molar refractivity (Wildman–Crippen MR) is 104 cm³/mol. The summed E-state index contributed by atoms with van der Waals surface area (Å²) in [4.78, 5) is 2.39. The summed E-state index contributed by atoms with van der Waals surface area (Å²) >= 11 is 0. The molecule has 3 heteroatoms. The normalized spacial score (nSPS) is 23.7. The van der Waals surface area contributed by atoms with E-state index >= 15 is 0 Å². The Bertz CT molecular complexity index is 794. The second-order valence-corrected chi connectivity index (χ2v) is 6.98. The number of hydrogen-bond acceptors (Lipinski definition) is 3. The molecular weight excluding hydrogens is 308 g/mol. The fourth-order valence-electron chi connectivity index (χ4n) is 4.43. The van der Waals surface area contributed by atoms with Gasteiger partial charge < -0.3 is 15.3 Å². The Morgan fingerprint density at radius 3 is 2.64 bits per heavy atom. The number of benzene rings is 2. The molecule has 25 heavy (non-hydrogen) atoms. The highest BCUT2D eigenvalue weighted by molar-refractivity contribution is 5.66. The molecule has 1 aliphatic heterocycles. The third-order valence-corrected chi connectivity index (χ3v) is 5.75. The van der Waals surface area contributed by atoms with Crippen LogP contribution in [0.3, 0.4) is 0 Å². The first-order chi connectivity index (χ1) is 12.2. The van der Waals surface area contributed by atoms with Crippen molar-refractivity contribution < 1.29 is 5.11 Å². The fourth-order valence-corrected chi connectivity index (χ4v) is 4.43. The maximum atomic E-state index is 10.3. The van der Waals surface area contributed by atoms with E-state index in [4.69, 9.17) is 0 Å². The predicted octanol–water partition coefficient (Wildman–Crippen LogP) is 5.06. The lowest BCUT2D eigenvalue weighted by molar-refractivity contribution is 0.402. The molecule has 1 aliphatic carbocycles. The highest BCUT2D eigenvalue weighted by Gasteiger charge is 2.38. The molecule has 0 saturated heterocycles. The molecule has 2 aromatic carbocycles. The lowest BCUT2D eigenvalue weighted by Gasteiger charge is -2.38. The molecule has 0 amide bonds. The van der Waals surface area contributed by atoms with Crippen molar-refractivity contribution in [1.29, 1.82) is 0 Å². The summed E-state index contributed by atoms with van der Waals surface area (Å²) in [5, 5.41) is 14.1. The van der Waals surface area contributed by atoms with Crippen LogP contribution in [0, 0.1) is 5.92 Å². The Labute approximate surface area is 150 Å².